The summed E-state index contributed by atoms with van der Waals surface area (Å²) in [6.45, 7) is 4.70. The Bertz CT molecular complexity index is 202. The second-order valence-electron chi connectivity index (χ2n) is 3.17. The van der Waals surface area contributed by atoms with E-state index in [0.29, 0.717) is 6.61 Å². The van der Waals surface area contributed by atoms with E-state index in [4.69, 9.17) is 4.74 Å². The molecule has 0 aliphatic carbocycles. The van der Waals surface area contributed by atoms with Gasteiger partial charge in [-0.1, -0.05) is 17.2 Å². The maximum atomic E-state index is 10.1. The van der Waals surface area contributed by atoms with Crippen molar-refractivity contribution in [1.29, 1.82) is 0 Å². The van der Waals surface area contributed by atoms with Crippen molar-refractivity contribution in [2.75, 3.05) is 13.7 Å². The third-order valence-electron chi connectivity index (χ3n) is 1.76. The molecule has 0 N–H and O–H groups in total. The van der Waals surface area contributed by atoms with Crippen molar-refractivity contribution >= 4 is 6.29 Å². The van der Waals surface area contributed by atoms with Gasteiger partial charge in [-0.25, -0.2) is 0 Å². The van der Waals surface area contributed by atoms with E-state index in [0.717, 1.165) is 24.7 Å². The third-order valence-corrected chi connectivity index (χ3v) is 1.76. The number of aldehydes is 1. The smallest absolute Gasteiger partial charge is 0.142 e. The maximum Gasteiger partial charge on any atom is 0.142 e. The Morgan fingerprint density at radius 1 is 1.31 bits per heavy atom. The molecule has 0 aromatic heterocycles. The maximum absolute atomic E-state index is 10.1. The number of hydrogen-bond acceptors (Lipinski definition) is 2. The van der Waals surface area contributed by atoms with E-state index >= 15 is 0 Å². The summed E-state index contributed by atoms with van der Waals surface area (Å²) in [6, 6.07) is 0. The molecule has 0 aromatic rings. The van der Waals surface area contributed by atoms with E-state index in [1.54, 1.807) is 13.2 Å². The molecule has 0 heterocycles. The number of carbonyl (C=O) groups is 1. The molecule has 13 heavy (non-hydrogen) atoms. The molecular formula is C11H18O2. The third kappa shape index (κ3) is 7.47. The topological polar surface area (TPSA) is 26.3 Å². The Morgan fingerprint density at radius 2 is 2.00 bits per heavy atom. The summed E-state index contributed by atoms with van der Waals surface area (Å²) in [5.41, 5.74) is 2.36. The van der Waals surface area contributed by atoms with Gasteiger partial charge >= 0.3 is 0 Å². The monoisotopic (exact) mass is 182 g/mol. The highest BCUT2D eigenvalue weighted by molar-refractivity contribution is 5.65. The molecule has 0 unspecified atom stereocenters. The first-order valence-electron chi connectivity index (χ1n) is 4.46. The van der Waals surface area contributed by atoms with E-state index < -0.39 is 0 Å². The van der Waals surface area contributed by atoms with Gasteiger partial charge in [0.05, 0.1) is 6.61 Å². The van der Waals surface area contributed by atoms with Crippen LogP contribution in [-0.4, -0.2) is 20.0 Å². The summed E-state index contributed by atoms with van der Waals surface area (Å²) >= 11 is 0. The fraction of sp³-hybridized carbons (Fsp3) is 0.545. The second kappa shape index (κ2) is 7.74. The summed E-state index contributed by atoms with van der Waals surface area (Å²) in [4.78, 5) is 10.1. The fourth-order valence-corrected chi connectivity index (χ4v) is 1.03. The minimum Gasteiger partial charge on any atom is -0.380 e. The Hall–Kier alpha value is -0.890. The SMILES string of the molecule is COCC(C)=CCC/C(C)=C/C=O. The van der Waals surface area contributed by atoms with Gasteiger partial charge in [-0.2, -0.15) is 0 Å². The van der Waals surface area contributed by atoms with Crippen LogP contribution in [0.4, 0.5) is 0 Å². The van der Waals surface area contributed by atoms with Crippen LogP contribution in [0.2, 0.25) is 0 Å². The lowest BCUT2D eigenvalue weighted by molar-refractivity contribution is -0.104. The number of methoxy groups -OCH3 is 1. The minimum atomic E-state index is 0.691. The highest BCUT2D eigenvalue weighted by atomic mass is 16.5. The van der Waals surface area contributed by atoms with Crippen molar-refractivity contribution in [1.82, 2.24) is 0 Å². The van der Waals surface area contributed by atoms with Crippen molar-refractivity contribution in [3.63, 3.8) is 0 Å². The number of allylic oxidation sites excluding steroid dienone is 3. The average Bonchev–Trinajstić information content (AvgIpc) is 2.05. The predicted molar refractivity (Wildman–Crippen MR) is 54.7 cm³/mol. The van der Waals surface area contributed by atoms with Crippen molar-refractivity contribution in [3.05, 3.63) is 23.3 Å². The van der Waals surface area contributed by atoms with E-state index in [2.05, 4.69) is 6.08 Å². The van der Waals surface area contributed by atoms with Crippen LogP contribution in [0.3, 0.4) is 0 Å². The average molecular weight is 182 g/mol. The number of hydrogen-bond donors (Lipinski definition) is 0. The number of carbonyl (C=O) groups excluding carboxylic acids is 1. The summed E-state index contributed by atoms with van der Waals surface area (Å²) in [5, 5.41) is 0. The van der Waals surface area contributed by atoms with Crippen LogP contribution < -0.4 is 0 Å². The van der Waals surface area contributed by atoms with E-state index in [1.807, 2.05) is 13.8 Å². The molecule has 0 spiro atoms. The standard InChI is InChI=1S/C11H18O2/c1-10(7-8-12)5-4-6-11(2)9-13-3/h6-8H,4-5,9H2,1-3H3/b10-7+,11-6?. The number of rotatable bonds is 6. The predicted octanol–water partition coefficient (Wildman–Crippen LogP) is 2.50. The van der Waals surface area contributed by atoms with Gasteiger partial charge in [-0.05, 0) is 32.8 Å². The van der Waals surface area contributed by atoms with Crippen LogP contribution >= 0.6 is 0 Å². The summed E-state index contributed by atoms with van der Waals surface area (Å²) < 4.78 is 4.97. The van der Waals surface area contributed by atoms with Gasteiger partial charge in [0.1, 0.15) is 6.29 Å². The molecule has 0 atom stereocenters. The van der Waals surface area contributed by atoms with Gasteiger partial charge in [0.15, 0.2) is 0 Å². The highest BCUT2D eigenvalue weighted by Crippen LogP contribution is 2.05. The Labute approximate surface area is 80.3 Å². The van der Waals surface area contributed by atoms with Gasteiger partial charge in [-0.15, -0.1) is 0 Å². The van der Waals surface area contributed by atoms with Gasteiger partial charge < -0.3 is 4.74 Å². The molecule has 0 saturated carbocycles. The van der Waals surface area contributed by atoms with Gasteiger partial charge in [0.25, 0.3) is 0 Å². The molecule has 0 aliphatic rings. The van der Waals surface area contributed by atoms with Crippen molar-refractivity contribution in [2.24, 2.45) is 0 Å². The van der Waals surface area contributed by atoms with Crippen molar-refractivity contribution in [3.8, 4) is 0 Å². The molecule has 0 rings (SSSR count). The quantitative estimate of drug-likeness (QED) is 0.358. The zero-order valence-corrected chi connectivity index (χ0v) is 8.67. The molecule has 0 aliphatic heterocycles. The largest absolute Gasteiger partial charge is 0.380 e. The molecule has 0 amide bonds. The molecule has 2 heteroatoms. The van der Waals surface area contributed by atoms with Crippen LogP contribution in [0, 0.1) is 0 Å². The molecule has 0 bridgehead atoms. The summed E-state index contributed by atoms with van der Waals surface area (Å²) in [5.74, 6) is 0. The first-order chi connectivity index (χ1) is 6.20. The Balaban J connectivity index is 3.71. The summed E-state index contributed by atoms with van der Waals surface area (Å²) in [7, 11) is 1.69. The van der Waals surface area contributed by atoms with Gasteiger partial charge in [-0.3, -0.25) is 4.79 Å². The molecule has 2 nitrogen and oxygen atoms in total. The lowest BCUT2D eigenvalue weighted by Crippen LogP contribution is -1.89. The van der Waals surface area contributed by atoms with E-state index in [1.165, 1.54) is 5.57 Å². The zero-order valence-electron chi connectivity index (χ0n) is 8.67. The lowest BCUT2D eigenvalue weighted by atomic mass is 10.1. The molecule has 74 valence electrons. The van der Waals surface area contributed by atoms with Crippen LogP contribution in [0.5, 0.6) is 0 Å². The Kier molecular flexibility index (Phi) is 7.21. The van der Waals surface area contributed by atoms with Crippen LogP contribution in [0.1, 0.15) is 26.7 Å². The van der Waals surface area contributed by atoms with Crippen molar-refractivity contribution < 1.29 is 9.53 Å². The van der Waals surface area contributed by atoms with Crippen molar-refractivity contribution in [2.45, 2.75) is 26.7 Å². The molecule has 0 saturated heterocycles. The van der Waals surface area contributed by atoms with Crippen LogP contribution in [0.25, 0.3) is 0 Å². The molecular weight excluding hydrogens is 164 g/mol. The second-order valence-corrected chi connectivity index (χ2v) is 3.17. The lowest BCUT2D eigenvalue weighted by Gasteiger charge is -1.99. The Morgan fingerprint density at radius 3 is 2.54 bits per heavy atom. The van der Waals surface area contributed by atoms with Gasteiger partial charge in [0.2, 0.25) is 0 Å². The molecule has 0 radical (unpaired) electrons. The first kappa shape index (κ1) is 12.1. The van der Waals surface area contributed by atoms with Crippen LogP contribution in [-0.2, 0) is 9.53 Å². The van der Waals surface area contributed by atoms with Gasteiger partial charge in [0, 0.05) is 7.11 Å². The summed E-state index contributed by atoms with van der Waals surface area (Å²) in [6.07, 6.45) is 6.51. The van der Waals surface area contributed by atoms with E-state index in [9.17, 15) is 4.79 Å². The minimum absolute atomic E-state index is 0.691. The first-order valence-corrected chi connectivity index (χ1v) is 4.46. The van der Waals surface area contributed by atoms with Crippen LogP contribution in [0.15, 0.2) is 23.3 Å². The highest BCUT2D eigenvalue weighted by Gasteiger charge is 1.89. The normalized spacial score (nSPS) is 13.2. The fourth-order valence-electron chi connectivity index (χ4n) is 1.03. The molecule has 0 fully saturated rings. The molecule has 0 aromatic carbocycles. The van der Waals surface area contributed by atoms with E-state index in [-0.39, 0.29) is 0 Å². The number of ether oxygens (including phenoxy) is 1. The zero-order chi connectivity index (χ0) is 10.1.